The van der Waals surface area contributed by atoms with Crippen molar-refractivity contribution in [3.8, 4) is 22.3 Å². The molecule has 0 aliphatic rings. The van der Waals surface area contributed by atoms with Crippen LogP contribution in [0.25, 0.3) is 54.6 Å². The molecule has 0 unspecified atom stereocenters. The van der Waals surface area contributed by atoms with Gasteiger partial charge in [0, 0.05) is 33.5 Å². The monoisotopic (exact) mass is 772 g/mol. The van der Waals surface area contributed by atoms with Crippen molar-refractivity contribution >= 4 is 66.4 Å². The van der Waals surface area contributed by atoms with E-state index in [1.807, 2.05) is 0 Å². The summed E-state index contributed by atoms with van der Waals surface area (Å²) in [5.41, 5.74) is 19.3. The zero-order valence-corrected chi connectivity index (χ0v) is 35.2. The van der Waals surface area contributed by atoms with Gasteiger partial charge in [0.15, 0.2) is 0 Å². The number of rotatable bonds is 8. The molecule has 2 nitrogen and oxygen atoms in total. The van der Waals surface area contributed by atoms with Gasteiger partial charge >= 0.3 is 0 Å². The van der Waals surface area contributed by atoms with Crippen molar-refractivity contribution in [1.29, 1.82) is 0 Å². The van der Waals surface area contributed by atoms with Crippen molar-refractivity contribution in [2.45, 2.75) is 41.5 Å². The fourth-order valence-electron chi connectivity index (χ4n) is 9.19. The van der Waals surface area contributed by atoms with E-state index in [2.05, 4.69) is 233 Å². The van der Waals surface area contributed by atoms with Crippen molar-refractivity contribution in [3.05, 3.63) is 215 Å². The van der Waals surface area contributed by atoms with Crippen LogP contribution in [-0.2, 0) is 0 Å². The Labute approximate surface area is 354 Å². The number of hydrogen-bond donors (Lipinski definition) is 0. The van der Waals surface area contributed by atoms with Crippen LogP contribution >= 0.6 is 0 Å². The Balaban J connectivity index is 1.22. The van der Waals surface area contributed by atoms with E-state index < -0.39 is 0 Å². The largest absolute Gasteiger partial charge is 0.310 e. The van der Waals surface area contributed by atoms with Gasteiger partial charge in [-0.15, -0.1) is 0 Å². The van der Waals surface area contributed by atoms with Gasteiger partial charge in [0.2, 0.25) is 0 Å². The fourth-order valence-corrected chi connectivity index (χ4v) is 9.19. The lowest BCUT2D eigenvalue weighted by molar-refractivity contribution is 1.25. The number of benzene rings is 10. The highest BCUT2D eigenvalue weighted by atomic mass is 15.2. The van der Waals surface area contributed by atoms with Crippen molar-refractivity contribution in [2.24, 2.45) is 0 Å². The average molecular weight is 773 g/mol. The molecule has 0 amide bonds. The Morgan fingerprint density at radius 2 is 0.683 bits per heavy atom. The van der Waals surface area contributed by atoms with Crippen LogP contribution in [0, 0.1) is 41.5 Å². The minimum absolute atomic E-state index is 1.14. The van der Waals surface area contributed by atoms with E-state index in [4.69, 9.17) is 0 Å². The first kappa shape index (κ1) is 37.1. The normalized spacial score (nSPS) is 11.5. The number of nitrogens with zero attached hydrogens (tertiary/aromatic N) is 2. The molecule has 0 fully saturated rings. The molecule has 0 spiro atoms. The lowest BCUT2D eigenvalue weighted by Crippen LogP contribution is -2.13. The van der Waals surface area contributed by atoms with Crippen LogP contribution in [0.4, 0.5) is 34.1 Å². The smallest absolute Gasteiger partial charge is 0.0540 e. The minimum atomic E-state index is 1.14. The summed E-state index contributed by atoms with van der Waals surface area (Å²) >= 11 is 0. The molecule has 0 aliphatic heterocycles. The van der Waals surface area contributed by atoms with Crippen LogP contribution in [0.1, 0.15) is 33.4 Å². The van der Waals surface area contributed by atoms with E-state index in [1.54, 1.807) is 0 Å². The zero-order valence-electron chi connectivity index (χ0n) is 35.2. The summed E-state index contributed by atoms with van der Waals surface area (Å²) in [7, 11) is 0. The summed E-state index contributed by atoms with van der Waals surface area (Å²) in [6.07, 6.45) is 0. The second-order valence-electron chi connectivity index (χ2n) is 16.6. The molecular formula is C58H48N2. The Morgan fingerprint density at radius 3 is 1.08 bits per heavy atom. The van der Waals surface area contributed by atoms with Crippen LogP contribution in [0.2, 0.25) is 0 Å². The van der Waals surface area contributed by atoms with Crippen molar-refractivity contribution in [2.75, 3.05) is 9.80 Å². The van der Waals surface area contributed by atoms with Crippen LogP contribution in [0.15, 0.2) is 182 Å². The predicted molar refractivity (Wildman–Crippen MR) is 259 cm³/mol. The molecule has 10 aromatic carbocycles. The van der Waals surface area contributed by atoms with E-state index in [9.17, 15) is 0 Å². The molecule has 10 rings (SSSR count). The SMILES string of the molecule is Cc1ccc(N(c2cc(-c3ccccc3C)ccc2C)c2ccc3ccc4c(N(c5ccc(C)cc5)c5cc(-c6ccccc6C)ccc5C)ccc5ccc2c3c54)cc1. The molecule has 0 saturated carbocycles. The third-order valence-corrected chi connectivity index (χ3v) is 12.5. The Morgan fingerprint density at radius 1 is 0.300 bits per heavy atom. The first-order chi connectivity index (χ1) is 29.2. The molecule has 0 saturated heterocycles. The second kappa shape index (κ2) is 14.9. The van der Waals surface area contributed by atoms with E-state index >= 15 is 0 Å². The van der Waals surface area contributed by atoms with Crippen LogP contribution in [0.3, 0.4) is 0 Å². The van der Waals surface area contributed by atoms with Crippen molar-refractivity contribution in [1.82, 2.24) is 0 Å². The molecule has 0 N–H and O–H groups in total. The average Bonchev–Trinajstić information content (AvgIpc) is 3.26. The summed E-state index contributed by atoms with van der Waals surface area (Å²) in [5, 5.41) is 7.48. The van der Waals surface area contributed by atoms with Gasteiger partial charge in [-0.3, -0.25) is 0 Å². The number of aryl methyl sites for hydroxylation is 6. The summed E-state index contributed by atoms with van der Waals surface area (Å²) in [4.78, 5) is 4.95. The topological polar surface area (TPSA) is 6.48 Å². The Kier molecular flexibility index (Phi) is 9.22. The third-order valence-electron chi connectivity index (χ3n) is 12.5. The number of anilines is 6. The first-order valence-corrected chi connectivity index (χ1v) is 21.0. The second-order valence-corrected chi connectivity index (χ2v) is 16.6. The van der Waals surface area contributed by atoms with Gasteiger partial charge in [0.1, 0.15) is 0 Å². The Bertz CT molecular complexity index is 2990. The maximum atomic E-state index is 2.47. The van der Waals surface area contributed by atoms with E-state index in [0.29, 0.717) is 0 Å². The Hall–Kier alpha value is -7.16. The quantitative estimate of drug-likeness (QED) is 0.142. The van der Waals surface area contributed by atoms with E-state index in [-0.39, 0.29) is 0 Å². The van der Waals surface area contributed by atoms with Crippen LogP contribution in [0.5, 0.6) is 0 Å². The maximum Gasteiger partial charge on any atom is 0.0540 e. The molecule has 0 radical (unpaired) electrons. The van der Waals surface area contributed by atoms with Gasteiger partial charge in [-0.05, 0) is 156 Å². The molecule has 0 aromatic heterocycles. The zero-order chi connectivity index (χ0) is 41.1. The lowest BCUT2D eigenvalue weighted by atomic mass is 9.91. The van der Waals surface area contributed by atoms with Gasteiger partial charge < -0.3 is 9.80 Å². The number of hydrogen-bond acceptors (Lipinski definition) is 2. The lowest BCUT2D eigenvalue weighted by Gasteiger charge is -2.31. The van der Waals surface area contributed by atoms with Crippen LogP contribution in [-0.4, -0.2) is 0 Å². The maximum absolute atomic E-state index is 2.47. The molecule has 0 aliphatic carbocycles. The summed E-state index contributed by atoms with van der Waals surface area (Å²) in [6, 6.07) is 67.7. The minimum Gasteiger partial charge on any atom is -0.310 e. The third kappa shape index (κ3) is 6.37. The molecule has 60 heavy (non-hydrogen) atoms. The summed E-state index contributed by atoms with van der Waals surface area (Å²) < 4.78 is 0. The van der Waals surface area contributed by atoms with Gasteiger partial charge in [-0.1, -0.05) is 145 Å². The highest BCUT2D eigenvalue weighted by Gasteiger charge is 2.24. The summed E-state index contributed by atoms with van der Waals surface area (Å²) in [6.45, 7) is 13.2. The molecule has 290 valence electrons. The van der Waals surface area contributed by atoms with E-state index in [0.717, 1.165) is 22.7 Å². The molecule has 2 heteroatoms. The van der Waals surface area contributed by atoms with Crippen LogP contribution < -0.4 is 9.80 Å². The van der Waals surface area contributed by atoms with Gasteiger partial charge in [0.05, 0.1) is 11.4 Å². The van der Waals surface area contributed by atoms with Gasteiger partial charge in [-0.2, -0.15) is 0 Å². The van der Waals surface area contributed by atoms with E-state index in [1.165, 1.54) is 99.3 Å². The van der Waals surface area contributed by atoms with Gasteiger partial charge in [0.25, 0.3) is 0 Å². The standard InChI is InChI=1S/C58H48N2/c1-37-15-27-47(28-16-37)59(55-35-45(21-19-41(55)5)49-13-9-7-11-39(49)3)53-33-25-43-24-32-52-54(34-26-44-23-31-51(53)57(43)58(44)52)60(48-29-17-38(2)18-30-48)56-36-46(22-20-42(56)6)50-14-10-8-12-40(50)4/h7-36H,1-6H3. The van der Waals surface area contributed by atoms with Gasteiger partial charge in [-0.25, -0.2) is 0 Å². The highest BCUT2D eigenvalue weighted by Crippen LogP contribution is 2.49. The molecule has 0 heterocycles. The predicted octanol–water partition coefficient (Wildman–Crippen LogP) is 16.7. The fraction of sp³-hybridized carbons (Fsp3) is 0.103. The first-order valence-electron chi connectivity index (χ1n) is 21.0. The van der Waals surface area contributed by atoms with Crippen molar-refractivity contribution in [3.63, 3.8) is 0 Å². The molecule has 0 atom stereocenters. The highest BCUT2D eigenvalue weighted by molar-refractivity contribution is 6.28. The van der Waals surface area contributed by atoms with Crippen molar-refractivity contribution < 1.29 is 0 Å². The molecule has 0 bridgehead atoms. The molecular weight excluding hydrogens is 725 g/mol. The summed E-state index contributed by atoms with van der Waals surface area (Å²) in [5.74, 6) is 0. The molecule has 10 aromatic rings.